The second-order valence-electron chi connectivity index (χ2n) is 8.34. The van der Waals surface area contributed by atoms with Crippen LogP contribution in [0.25, 0.3) is 11.1 Å². The maximum Gasteiger partial charge on any atom is 0.270 e. The molecule has 1 spiro atoms. The monoisotopic (exact) mass is 402 g/mol. The van der Waals surface area contributed by atoms with Crippen LogP contribution in [0.1, 0.15) is 42.4 Å². The summed E-state index contributed by atoms with van der Waals surface area (Å²) in [6, 6.07) is 19.1. The first-order chi connectivity index (χ1) is 14.2. The van der Waals surface area contributed by atoms with Crippen molar-refractivity contribution in [1.82, 2.24) is 9.78 Å². The first-order valence-corrected chi connectivity index (χ1v) is 11.8. The number of hydrogen-bond acceptors (Lipinski definition) is 3. The zero-order chi connectivity index (χ0) is 19.8. The molecular weight excluding hydrogens is 376 g/mol. The Bertz CT molecular complexity index is 1100. The van der Waals surface area contributed by atoms with Crippen LogP contribution in [0, 0.1) is 0 Å². The van der Waals surface area contributed by atoms with Gasteiger partial charge in [-0.15, -0.1) is 11.8 Å². The summed E-state index contributed by atoms with van der Waals surface area (Å²) in [4.78, 5) is 13.5. The standard InChI is InChI=1S/C25H26N2OS/c1-29-23-22-19-11-5-6-12-21(19)25(14-7-8-15-25)17-20(22)24(28)27(26-23)16-13-18-9-3-2-4-10-18/h2-6,9-12H,7-8,13-17H2,1H3. The number of nitrogens with zero attached hydrogens (tertiary/aromatic N) is 2. The quantitative estimate of drug-likeness (QED) is 0.560. The number of aryl methyl sites for hydroxylation is 2. The Hall–Kier alpha value is -2.33. The van der Waals surface area contributed by atoms with Crippen LogP contribution in [-0.4, -0.2) is 16.0 Å². The van der Waals surface area contributed by atoms with Gasteiger partial charge in [0.25, 0.3) is 5.56 Å². The Labute approximate surface area is 176 Å². The molecular formula is C25H26N2OS. The Morgan fingerprint density at radius 1 is 1.03 bits per heavy atom. The summed E-state index contributed by atoms with van der Waals surface area (Å²) in [6.07, 6.45) is 8.63. The van der Waals surface area contributed by atoms with Crippen molar-refractivity contribution in [2.45, 2.75) is 55.5 Å². The molecule has 0 N–H and O–H groups in total. The van der Waals surface area contributed by atoms with Gasteiger partial charge in [0.15, 0.2) is 0 Å². The van der Waals surface area contributed by atoms with E-state index in [9.17, 15) is 4.79 Å². The van der Waals surface area contributed by atoms with Gasteiger partial charge in [0.05, 0.1) is 0 Å². The van der Waals surface area contributed by atoms with E-state index < -0.39 is 0 Å². The number of aromatic nitrogens is 2. The average molecular weight is 403 g/mol. The number of benzene rings is 2. The second-order valence-corrected chi connectivity index (χ2v) is 9.13. The first-order valence-electron chi connectivity index (χ1n) is 10.5. The van der Waals surface area contributed by atoms with E-state index in [1.165, 1.54) is 42.4 Å². The molecule has 2 aromatic carbocycles. The molecule has 2 aliphatic rings. The van der Waals surface area contributed by atoms with Crippen molar-refractivity contribution in [3.05, 3.63) is 81.6 Å². The lowest BCUT2D eigenvalue weighted by molar-refractivity contribution is 0.424. The van der Waals surface area contributed by atoms with E-state index in [0.29, 0.717) is 6.54 Å². The zero-order valence-corrected chi connectivity index (χ0v) is 17.7. The molecule has 0 unspecified atom stereocenters. The van der Waals surface area contributed by atoms with Gasteiger partial charge in [0.1, 0.15) is 5.03 Å². The molecule has 5 rings (SSSR count). The Morgan fingerprint density at radius 2 is 1.76 bits per heavy atom. The van der Waals surface area contributed by atoms with Crippen LogP contribution in [0.4, 0.5) is 0 Å². The van der Waals surface area contributed by atoms with Crippen LogP contribution in [0.3, 0.4) is 0 Å². The van der Waals surface area contributed by atoms with Gasteiger partial charge in [-0.2, -0.15) is 5.10 Å². The van der Waals surface area contributed by atoms with Gasteiger partial charge in [-0.25, -0.2) is 4.68 Å². The maximum absolute atomic E-state index is 13.5. The summed E-state index contributed by atoms with van der Waals surface area (Å²) in [5, 5.41) is 5.78. The molecule has 3 aromatic rings. The van der Waals surface area contributed by atoms with Crippen LogP contribution in [-0.2, 0) is 24.8 Å². The summed E-state index contributed by atoms with van der Waals surface area (Å²) in [7, 11) is 0. The molecule has 0 aliphatic heterocycles. The smallest absolute Gasteiger partial charge is 0.267 e. The number of fused-ring (bicyclic) bond motifs is 4. The normalized spacial score (nSPS) is 16.6. The van der Waals surface area contributed by atoms with E-state index in [-0.39, 0.29) is 11.0 Å². The van der Waals surface area contributed by atoms with Crippen molar-refractivity contribution in [1.29, 1.82) is 0 Å². The lowest BCUT2D eigenvalue weighted by Crippen LogP contribution is -2.37. The summed E-state index contributed by atoms with van der Waals surface area (Å²) < 4.78 is 1.72. The fourth-order valence-corrected chi connectivity index (χ4v) is 5.93. The lowest BCUT2D eigenvalue weighted by Gasteiger charge is -2.37. The third kappa shape index (κ3) is 3.14. The van der Waals surface area contributed by atoms with Gasteiger partial charge in [-0.1, -0.05) is 67.4 Å². The SMILES string of the molecule is CSc1nn(CCc2ccccc2)c(=O)c2c1-c1ccccc1C1(CCCC1)C2. The average Bonchev–Trinajstić information content (AvgIpc) is 3.24. The lowest BCUT2D eigenvalue weighted by atomic mass is 9.67. The zero-order valence-electron chi connectivity index (χ0n) is 16.9. The molecule has 1 heterocycles. The van der Waals surface area contributed by atoms with Crippen molar-refractivity contribution >= 4 is 11.8 Å². The second kappa shape index (κ2) is 7.49. The molecule has 2 aliphatic carbocycles. The summed E-state index contributed by atoms with van der Waals surface area (Å²) in [5.41, 5.74) is 6.22. The first kappa shape index (κ1) is 18.7. The van der Waals surface area contributed by atoms with E-state index >= 15 is 0 Å². The predicted octanol–water partition coefficient (Wildman–Crippen LogP) is 5.24. The predicted molar refractivity (Wildman–Crippen MR) is 120 cm³/mol. The highest BCUT2D eigenvalue weighted by atomic mass is 32.2. The minimum atomic E-state index is 0.106. The van der Waals surface area contributed by atoms with Crippen LogP contribution in [0.2, 0.25) is 0 Å². The fraction of sp³-hybridized carbons (Fsp3) is 0.360. The molecule has 0 amide bonds. The van der Waals surface area contributed by atoms with E-state index in [4.69, 9.17) is 5.10 Å². The Kier molecular flexibility index (Phi) is 4.83. The van der Waals surface area contributed by atoms with E-state index in [1.54, 1.807) is 16.4 Å². The molecule has 3 nitrogen and oxygen atoms in total. The topological polar surface area (TPSA) is 34.9 Å². The number of hydrogen-bond donors (Lipinski definition) is 0. The fourth-order valence-electron chi connectivity index (χ4n) is 5.31. The molecule has 29 heavy (non-hydrogen) atoms. The Balaban J connectivity index is 1.63. The van der Waals surface area contributed by atoms with Crippen LogP contribution in [0.5, 0.6) is 0 Å². The summed E-state index contributed by atoms with van der Waals surface area (Å²) in [5.74, 6) is 0. The van der Waals surface area contributed by atoms with Gasteiger partial charge in [-0.05, 0) is 48.6 Å². The molecule has 0 atom stereocenters. The molecule has 148 valence electrons. The van der Waals surface area contributed by atoms with Gasteiger partial charge >= 0.3 is 0 Å². The molecule has 1 fully saturated rings. The van der Waals surface area contributed by atoms with E-state index in [1.807, 2.05) is 18.2 Å². The van der Waals surface area contributed by atoms with Crippen molar-refractivity contribution in [2.75, 3.05) is 6.26 Å². The summed E-state index contributed by atoms with van der Waals surface area (Å²) in [6.45, 7) is 0.623. The third-order valence-corrected chi connectivity index (χ3v) is 7.38. The minimum Gasteiger partial charge on any atom is -0.267 e. The summed E-state index contributed by atoms with van der Waals surface area (Å²) >= 11 is 1.65. The van der Waals surface area contributed by atoms with Crippen molar-refractivity contribution in [3.8, 4) is 11.1 Å². The maximum atomic E-state index is 13.5. The highest BCUT2D eigenvalue weighted by Gasteiger charge is 2.43. The van der Waals surface area contributed by atoms with Crippen LogP contribution < -0.4 is 5.56 Å². The van der Waals surface area contributed by atoms with E-state index in [2.05, 4.69) is 42.7 Å². The minimum absolute atomic E-state index is 0.106. The number of thioether (sulfide) groups is 1. The van der Waals surface area contributed by atoms with Crippen molar-refractivity contribution in [2.24, 2.45) is 0 Å². The van der Waals surface area contributed by atoms with Gasteiger partial charge in [-0.3, -0.25) is 4.79 Å². The molecule has 1 aromatic heterocycles. The van der Waals surface area contributed by atoms with Crippen LogP contribution in [0.15, 0.2) is 64.4 Å². The highest BCUT2D eigenvalue weighted by Crippen LogP contribution is 2.52. The molecule has 0 bridgehead atoms. The van der Waals surface area contributed by atoms with Crippen molar-refractivity contribution in [3.63, 3.8) is 0 Å². The molecule has 0 radical (unpaired) electrons. The number of rotatable bonds is 4. The van der Waals surface area contributed by atoms with Crippen molar-refractivity contribution < 1.29 is 0 Å². The van der Waals surface area contributed by atoms with Crippen LogP contribution >= 0.6 is 11.8 Å². The van der Waals surface area contributed by atoms with E-state index in [0.717, 1.165) is 29.0 Å². The largest absolute Gasteiger partial charge is 0.270 e. The van der Waals surface area contributed by atoms with Gasteiger partial charge in [0.2, 0.25) is 0 Å². The molecule has 0 saturated heterocycles. The highest BCUT2D eigenvalue weighted by molar-refractivity contribution is 7.98. The van der Waals surface area contributed by atoms with Gasteiger partial charge < -0.3 is 0 Å². The molecule has 1 saturated carbocycles. The molecule has 4 heteroatoms. The Morgan fingerprint density at radius 3 is 2.52 bits per heavy atom. The third-order valence-electron chi connectivity index (χ3n) is 6.71. The van der Waals surface area contributed by atoms with Gasteiger partial charge in [0, 0.05) is 23.1 Å².